The van der Waals surface area contributed by atoms with E-state index < -0.39 is 10.7 Å². The lowest BCUT2D eigenvalue weighted by Gasteiger charge is -2.07. The quantitative estimate of drug-likeness (QED) is 0.565. The Morgan fingerprint density at radius 2 is 2.05 bits per heavy atom. The van der Waals surface area contributed by atoms with Crippen LogP contribution in [0, 0.1) is 15.9 Å². The van der Waals surface area contributed by atoms with Crippen LogP contribution in [0.1, 0.15) is 5.56 Å². The van der Waals surface area contributed by atoms with Gasteiger partial charge in [-0.25, -0.2) is 4.39 Å². The molecule has 3 rings (SSSR count). The summed E-state index contributed by atoms with van der Waals surface area (Å²) in [5, 5.41) is 14.9. The van der Waals surface area contributed by atoms with E-state index >= 15 is 0 Å². The number of rotatable bonds is 4. The maximum atomic E-state index is 13.2. The molecule has 0 amide bonds. The number of fused-ring (bicyclic) bond motifs is 1. The first kappa shape index (κ1) is 13.1. The number of halogens is 1. The zero-order valence-corrected chi connectivity index (χ0v) is 11.0. The van der Waals surface area contributed by atoms with E-state index in [1.165, 1.54) is 0 Å². The molecule has 5 nitrogen and oxygen atoms in total. The van der Waals surface area contributed by atoms with Crippen LogP contribution in [0.3, 0.4) is 0 Å². The monoisotopic (exact) mass is 285 g/mol. The Labute approximate surface area is 119 Å². The first-order valence-electron chi connectivity index (χ1n) is 6.37. The molecule has 6 heteroatoms. The molecule has 3 aromatic rings. The van der Waals surface area contributed by atoms with Crippen molar-refractivity contribution in [2.75, 3.05) is 5.32 Å². The van der Waals surface area contributed by atoms with Gasteiger partial charge in [0.15, 0.2) is 0 Å². The van der Waals surface area contributed by atoms with Crippen molar-refractivity contribution in [2.24, 2.45) is 0 Å². The molecule has 0 aliphatic heterocycles. The summed E-state index contributed by atoms with van der Waals surface area (Å²) in [6.45, 7) is 0.380. The molecule has 0 bridgehead atoms. The Morgan fingerprint density at radius 3 is 2.86 bits per heavy atom. The van der Waals surface area contributed by atoms with Gasteiger partial charge in [-0.2, -0.15) is 0 Å². The smallest absolute Gasteiger partial charge is 0.292 e. The average Bonchev–Trinajstić information content (AvgIpc) is 2.92. The van der Waals surface area contributed by atoms with Gasteiger partial charge in [0, 0.05) is 30.4 Å². The Hall–Kier alpha value is -2.89. The molecule has 21 heavy (non-hydrogen) atoms. The lowest BCUT2D eigenvalue weighted by Crippen LogP contribution is -2.03. The third-order valence-corrected chi connectivity index (χ3v) is 3.26. The molecular weight excluding hydrogens is 273 g/mol. The van der Waals surface area contributed by atoms with Crippen molar-refractivity contribution in [1.82, 2.24) is 4.98 Å². The van der Waals surface area contributed by atoms with Gasteiger partial charge in [0.1, 0.15) is 11.5 Å². The van der Waals surface area contributed by atoms with Crippen molar-refractivity contribution < 1.29 is 9.31 Å². The summed E-state index contributed by atoms with van der Waals surface area (Å²) in [5.74, 6) is -0.510. The van der Waals surface area contributed by atoms with Gasteiger partial charge in [0.2, 0.25) is 0 Å². The van der Waals surface area contributed by atoms with E-state index in [1.54, 1.807) is 0 Å². The van der Waals surface area contributed by atoms with Crippen molar-refractivity contribution in [3.05, 3.63) is 70.2 Å². The highest BCUT2D eigenvalue weighted by Crippen LogP contribution is 2.25. The molecular formula is C15H12FN3O2. The molecule has 0 unspecified atom stereocenters. The Morgan fingerprint density at radius 1 is 1.19 bits per heavy atom. The van der Waals surface area contributed by atoms with Gasteiger partial charge in [-0.1, -0.05) is 6.07 Å². The molecule has 0 spiro atoms. The molecule has 2 N–H and O–H groups in total. The number of nitro groups is 1. The predicted molar refractivity (Wildman–Crippen MR) is 78.7 cm³/mol. The maximum Gasteiger partial charge on any atom is 0.292 e. The second kappa shape index (κ2) is 5.24. The number of nitro benzene ring substituents is 1. The predicted octanol–water partition coefficient (Wildman–Crippen LogP) is 3.83. The Bertz CT molecular complexity index is 814. The zero-order chi connectivity index (χ0) is 14.8. The van der Waals surface area contributed by atoms with Crippen molar-refractivity contribution in [2.45, 2.75) is 6.54 Å². The van der Waals surface area contributed by atoms with Crippen LogP contribution in [0.5, 0.6) is 0 Å². The number of aromatic nitrogens is 1. The molecule has 106 valence electrons. The van der Waals surface area contributed by atoms with Gasteiger partial charge < -0.3 is 10.3 Å². The van der Waals surface area contributed by atoms with Crippen LogP contribution in [0.4, 0.5) is 15.8 Å². The zero-order valence-electron chi connectivity index (χ0n) is 11.0. The minimum Gasteiger partial charge on any atom is -0.375 e. The molecule has 1 aromatic heterocycles. The normalized spacial score (nSPS) is 10.7. The van der Waals surface area contributed by atoms with Gasteiger partial charge in [0.05, 0.1) is 4.92 Å². The summed E-state index contributed by atoms with van der Waals surface area (Å²) < 4.78 is 13.2. The van der Waals surface area contributed by atoms with Crippen LogP contribution in [0.15, 0.2) is 48.7 Å². The van der Waals surface area contributed by atoms with Crippen LogP contribution in [0.2, 0.25) is 0 Å². The van der Waals surface area contributed by atoms with Crippen molar-refractivity contribution in [3.8, 4) is 0 Å². The topological polar surface area (TPSA) is 71.0 Å². The largest absolute Gasteiger partial charge is 0.375 e. The fourth-order valence-electron chi connectivity index (χ4n) is 2.22. The van der Waals surface area contributed by atoms with Gasteiger partial charge in [-0.05, 0) is 35.2 Å². The standard InChI is InChI=1S/C15H12FN3O2/c16-12-2-4-15(19(20)21)14(8-12)18-9-10-1-3-13-11(7-10)5-6-17-13/h1-8,17-18H,9H2. The molecule has 0 saturated heterocycles. The highest BCUT2D eigenvalue weighted by atomic mass is 19.1. The lowest BCUT2D eigenvalue weighted by atomic mass is 10.1. The summed E-state index contributed by atoms with van der Waals surface area (Å²) in [6.07, 6.45) is 1.85. The third kappa shape index (κ3) is 2.69. The third-order valence-electron chi connectivity index (χ3n) is 3.26. The van der Waals surface area contributed by atoms with Crippen LogP contribution in [0.25, 0.3) is 10.9 Å². The molecule has 0 aliphatic carbocycles. The van der Waals surface area contributed by atoms with Gasteiger partial charge in [-0.15, -0.1) is 0 Å². The summed E-state index contributed by atoms with van der Waals surface area (Å²) >= 11 is 0. The van der Waals surface area contributed by atoms with E-state index in [9.17, 15) is 14.5 Å². The van der Waals surface area contributed by atoms with Crippen LogP contribution in [-0.4, -0.2) is 9.91 Å². The molecule has 2 aromatic carbocycles. The Kier molecular flexibility index (Phi) is 3.27. The van der Waals surface area contributed by atoms with Gasteiger partial charge in [0.25, 0.3) is 5.69 Å². The summed E-state index contributed by atoms with van der Waals surface area (Å²) in [6, 6.07) is 11.1. The minimum absolute atomic E-state index is 0.140. The number of hydrogen-bond donors (Lipinski definition) is 2. The number of H-pyrrole nitrogens is 1. The minimum atomic E-state index is -0.531. The number of anilines is 1. The fourth-order valence-corrected chi connectivity index (χ4v) is 2.22. The van der Waals surface area contributed by atoms with E-state index in [0.717, 1.165) is 34.7 Å². The van der Waals surface area contributed by atoms with Gasteiger partial charge >= 0.3 is 0 Å². The number of nitrogens with zero attached hydrogens (tertiary/aromatic N) is 1. The summed E-state index contributed by atoms with van der Waals surface area (Å²) in [5.41, 5.74) is 2.02. The van der Waals surface area contributed by atoms with Crippen molar-refractivity contribution in [1.29, 1.82) is 0 Å². The SMILES string of the molecule is O=[N+]([O-])c1ccc(F)cc1NCc1ccc2[nH]ccc2c1. The number of hydrogen-bond acceptors (Lipinski definition) is 3. The molecule has 1 heterocycles. The van der Waals surface area contributed by atoms with E-state index in [0.29, 0.717) is 6.54 Å². The average molecular weight is 285 g/mol. The van der Waals surface area contributed by atoms with E-state index in [2.05, 4.69) is 10.3 Å². The molecule has 0 aliphatic rings. The first-order chi connectivity index (χ1) is 10.1. The van der Waals surface area contributed by atoms with E-state index in [4.69, 9.17) is 0 Å². The summed E-state index contributed by atoms with van der Waals surface area (Å²) in [7, 11) is 0. The molecule has 0 radical (unpaired) electrons. The lowest BCUT2D eigenvalue weighted by molar-refractivity contribution is -0.384. The number of benzene rings is 2. The van der Waals surface area contributed by atoms with E-state index in [1.807, 2.05) is 30.5 Å². The Balaban J connectivity index is 1.83. The highest BCUT2D eigenvalue weighted by molar-refractivity contribution is 5.80. The van der Waals surface area contributed by atoms with E-state index in [-0.39, 0.29) is 11.4 Å². The molecule has 0 saturated carbocycles. The molecule has 0 fully saturated rings. The first-order valence-corrected chi connectivity index (χ1v) is 6.37. The number of nitrogens with one attached hydrogen (secondary N) is 2. The number of aromatic amines is 1. The maximum absolute atomic E-state index is 13.2. The second-order valence-corrected chi connectivity index (χ2v) is 4.67. The van der Waals surface area contributed by atoms with Crippen LogP contribution in [-0.2, 0) is 6.54 Å². The van der Waals surface area contributed by atoms with Crippen LogP contribution >= 0.6 is 0 Å². The highest BCUT2D eigenvalue weighted by Gasteiger charge is 2.14. The fraction of sp³-hybridized carbons (Fsp3) is 0.0667. The van der Waals surface area contributed by atoms with Crippen molar-refractivity contribution in [3.63, 3.8) is 0 Å². The summed E-state index contributed by atoms with van der Waals surface area (Å²) in [4.78, 5) is 13.5. The van der Waals surface area contributed by atoms with Crippen LogP contribution < -0.4 is 5.32 Å². The van der Waals surface area contributed by atoms with Gasteiger partial charge in [-0.3, -0.25) is 10.1 Å². The van der Waals surface area contributed by atoms with Crippen molar-refractivity contribution >= 4 is 22.3 Å². The molecule has 0 atom stereocenters. The second-order valence-electron chi connectivity index (χ2n) is 4.67.